The molecular weight excluding hydrogens is 314 g/mol. The van der Waals surface area contributed by atoms with Crippen LogP contribution in [-0.2, 0) is 0 Å². The van der Waals surface area contributed by atoms with Gasteiger partial charge in [0.25, 0.3) is 0 Å². The van der Waals surface area contributed by atoms with E-state index in [1.807, 2.05) is 0 Å². The molecule has 0 fully saturated rings. The van der Waals surface area contributed by atoms with Gasteiger partial charge in [-0.1, -0.05) is 23.2 Å². The number of ketones is 1. The molecule has 0 spiro atoms. The fraction of sp³-hybridized carbons (Fsp3) is 0.188. The number of carbonyl (C=O) groups excluding carboxylic acids is 1. The predicted molar refractivity (Wildman–Crippen MR) is 82.0 cm³/mol. The third-order valence-electron chi connectivity index (χ3n) is 3.01. The van der Waals surface area contributed by atoms with Gasteiger partial charge in [-0.2, -0.15) is 0 Å². The SMILES string of the molecule is Cc1cc(OC(C)C(=O)c2ccc(Cl)cc2Cl)ccc1F. The van der Waals surface area contributed by atoms with E-state index >= 15 is 0 Å². The molecule has 0 amide bonds. The highest BCUT2D eigenvalue weighted by molar-refractivity contribution is 6.37. The van der Waals surface area contributed by atoms with Gasteiger partial charge in [0.15, 0.2) is 6.10 Å². The van der Waals surface area contributed by atoms with Crippen molar-refractivity contribution in [2.24, 2.45) is 0 Å². The highest BCUT2D eigenvalue weighted by Crippen LogP contribution is 2.24. The van der Waals surface area contributed by atoms with Crippen molar-refractivity contribution in [3.8, 4) is 5.75 Å². The van der Waals surface area contributed by atoms with Gasteiger partial charge < -0.3 is 4.74 Å². The van der Waals surface area contributed by atoms with E-state index in [1.54, 1.807) is 32.0 Å². The van der Waals surface area contributed by atoms with Crippen molar-refractivity contribution in [3.63, 3.8) is 0 Å². The van der Waals surface area contributed by atoms with Crippen LogP contribution in [-0.4, -0.2) is 11.9 Å². The van der Waals surface area contributed by atoms with Crippen LogP contribution in [0.3, 0.4) is 0 Å². The zero-order chi connectivity index (χ0) is 15.6. The first-order valence-corrected chi connectivity index (χ1v) is 7.06. The molecule has 0 aromatic heterocycles. The minimum absolute atomic E-state index is 0.265. The number of carbonyl (C=O) groups is 1. The Hall–Kier alpha value is -1.58. The van der Waals surface area contributed by atoms with E-state index in [-0.39, 0.29) is 16.6 Å². The van der Waals surface area contributed by atoms with Gasteiger partial charge in [-0.3, -0.25) is 4.79 Å². The summed E-state index contributed by atoms with van der Waals surface area (Å²) in [6, 6.07) is 8.98. The van der Waals surface area contributed by atoms with Crippen molar-refractivity contribution in [3.05, 3.63) is 63.4 Å². The minimum atomic E-state index is -0.742. The lowest BCUT2D eigenvalue weighted by Crippen LogP contribution is -2.24. The van der Waals surface area contributed by atoms with Gasteiger partial charge >= 0.3 is 0 Å². The fourth-order valence-corrected chi connectivity index (χ4v) is 2.36. The molecule has 0 aliphatic heterocycles. The van der Waals surface area contributed by atoms with Crippen LogP contribution in [0, 0.1) is 12.7 Å². The molecule has 0 heterocycles. The molecule has 0 radical (unpaired) electrons. The molecule has 110 valence electrons. The van der Waals surface area contributed by atoms with Gasteiger partial charge in [0.2, 0.25) is 5.78 Å². The van der Waals surface area contributed by atoms with Crippen molar-refractivity contribution in [1.29, 1.82) is 0 Å². The van der Waals surface area contributed by atoms with E-state index in [9.17, 15) is 9.18 Å². The first kappa shape index (κ1) is 15.8. The Labute approximate surface area is 132 Å². The van der Waals surface area contributed by atoms with Crippen LogP contribution in [0.2, 0.25) is 10.0 Å². The zero-order valence-electron chi connectivity index (χ0n) is 11.5. The lowest BCUT2D eigenvalue weighted by Gasteiger charge is -2.15. The Bertz CT molecular complexity index is 686. The van der Waals surface area contributed by atoms with E-state index in [4.69, 9.17) is 27.9 Å². The van der Waals surface area contributed by atoms with Crippen LogP contribution >= 0.6 is 23.2 Å². The van der Waals surface area contributed by atoms with Gasteiger partial charge in [0, 0.05) is 10.6 Å². The van der Waals surface area contributed by atoms with Crippen LogP contribution < -0.4 is 4.74 Å². The van der Waals surface area contributed by atoms with Gasteiger partial charge in [0.1, 0.15) is 11.6 Å². The summed E-state index contributed by atoms with van der Waals surface area (Å²) in [4.78, 5) is 12.3. The molecule has 1 atom stereocenters. The molecule has 0 aliphatic carbocycles. The lowest BCUT2D eigenvalue weighted by atomic mass is 10.1. The van der Waals surface area contributed by atoms with E-state index < -0.39 is 6.10 Å². The number of halogens is 3. The summed E-state index contributed by atoms with van der Waals surface area (Å²) in [5.74, 6) is -0.152. The molecule has 5 heteroatoms. The molecule has 0 saturated heterocycles. The molecule has 2 aromatic carbocycles. The summed E-state index contributed by atoms with van der Waals surface area (Å²) in [5.41, 5.74) is 0.795. The van der Waals surface area contributed by atoms with Gasteiger partial charge in [-0.15, -0.1) is 0 Å². The number of Topliss-reactive ketones (excluding diaryl/α,β-unsaturated/α-hetero) is 1. The second-order valence-corrected chi connectivity index (χ2v) is 5.50. The maximum absolute atomic E-state index is 13.2. The lowest BCUT2D eigenvalue weighted by molar-refractivity contribution is 0.0818. The van der Waals surface area contributed by atoms with E-state index in [0.29, 0.717) is 21.9 Å². The largest absolute Gasteiger partial charge is 0.483 e. The van der Waals surface area contributed by atoms with Crippen LogP contribution in [0.25, 0.3) is 0 Å². The summed E-state index contributed by atoms with van der Waals surface area (Å²) >= 11 is 11.8. The topological polar surface area (TPSA) is 26.3 Å². The highest BCUT2D eigenvalue weighted by atomic mass is 35.5. The first-order valence-electron chi connectivity index (χ1n) is 6.30. The Morgan fingerprint density at radius 3 is 2.52 bits per heavy atom. The van der Waals surface area contributed by atoms with Gasteiger partial charge in [-0.25, -0.2) is 4.39 Å². The summed E-state index contributed by atoms with van der Waals surface area (Å²) in [7, 11) is 0. The van der Waals surface area contributed by atoms with Crippen molar-refractivity contribution in [1.82, 2.24) is 0 Å². The Morgan fingerprint density at radius 1 is 1.19 bits per heavy atom. The first-order chi connectivity index (χ1) is 9.88. The average Bonchev–Trinajstić information content (AvgIpc) is 2.42. The number of aryl methyl sites for hydroxylation is 1. The molecular formula is C16H13Cl2FO2. The number of benzene rings is 2. The second-order valence-electron chi connectivity index (χ2n) is 4.66. The van der Waals surface area contributed by atoms with Crippen LogP contribution in [0.15, 0.2) is 36.4 Å². The number of rotatable bonds is 4. The van der Waals surface area contributed by atoms with Crippen molar-refractivity contribution in [2.75, 3.05) is 0 Å². The van der Waals surface area contributed by atoms with Crippen molar-refractivity contribution in [2.45, 2.75) is 20.0 Å². The molecule has 1 unspecified atom stereocenters. The van der Waals surface area contributed by atoms with Crippen LogP contribution in [0.4, 0.5) is 4.39 Å². The smallest absolute Gasteiger partial charge is 0.204 e. The van der Waals surface area contributed by atoms with Crippen molar-refractivity contribution >= 4 is 29.0 Å². The fourth-order valence-electron chi connectivity index (χ4n) is 1.86. The Morgan fingerprint density at radius 2 is 1.90 bits per heavy atom. The third kappa shape index (κ3) is 3.74. The maximum Gasteiger partial charge on any atom is 0.204 e. The molecule has 0 saturated carbocycles. The quantitative estimate of drug-likeness (QED) is 0.731. The number of hydrogen-bond donors (Lipinski definition) is 0. The van der Waals surface area contributed by atoms with Crippen LogP contribution in [0.5, 0.6) is 5.75 Å². The molecule has 0 bridgehead atoms. The normalized spacial score (nSPS) is 12.0. The van der Waals surface area contributed by atoms with E-state index in [0.717, 1.165) is 0 Å². The van der Waals surface area contributed by atoms with Gasteiger partial charge in [0.05, 0.1) is 5.02 Å². The summed E-state index contributed by atoms with van der Waals surface area (Å²) in [6.07, 6.45) is -0.742. The molecule has 21 heavy (non-hydrogen) atoms. The molecule has 2 nitrogen and oxygen atoms in total. The second kappa shape index (κ2) is 6.46. The number of hydrogen-bond acceptors (Lipinski definition) is 2. The van der Waals surface area contributed by atoms with Crippen LogP contribution in [0.1, 0.15) is 22.8 Å². The molecule has 2 rings (SSSR count). The third-order valence-corrected chi connectivity index (χ3v) is 3.56. The number of ether oxygens (including phenoxy) is 1. The monoisotopic (exact) mass is 326 g/mol. The van der Waals surface area contributed by atoms with Crippen molar-refractivity contribution < 1.29 is 13.9 Å². The standard InChI is InChI=1S/C16H13Cl2FO2/c1-9-7-12(4-6-15(9)19)21-10(2)16(20)13-5-3-11(17)8-14(13)18/h3-8,10H,1-2H3. The molecule has 0 N–H and O–H groups in total. The average molecular weight is 327 g/mol. The molecule has 0 aliphatic rings. The predicted octanol–water partition coefficient (Wildman–Crippen LogP) is 5.09. The molecule has 2 aromatic rings. The zero-order valence-corrected chi connectivity index (χ0v) is 13.0. The summed E-state index contributed by atoms with van der Waals surface area (Å²) < 4.78 is 18.7. The van der Waals surface area contributed by atoms with E-state index in [1.165, 1.54) is 18.2 Å². The minimum Gasteiger partial charge on any atom is -0.483 e. The summed E-state index contributed by atoms with van der Waals surface area (Å²) in [5, 5.41) is 0.734. The Kier molecular flexibility index (Phi) is 4.86. The maximum atomic E-state index is 13.2. The Balaban J connectivity index is 2.17. The highest BCUT2D eigenvalue weighted by Gasteiger charge is 2.20. The summed E-state index contributed by atoms with van der Waals surface area (Å²) in [6.45, 7) is 3.25. The van der Waals surface area contributed by atoms with Gasteiger partial charge in [-0.05, 0) is 55.8 Å². The van der Waals surface area contributed by atoms with E-state index in [2.05, 4.69) is 0 Å².